The number of piperazine rings is 1. The lowest BCUT2D eigenvalue weighted by atomic mass is 10.1. The molecule has 6 nitrogen and oxygen atoms in total. The first-order valence-corrected chi connectivity index (χ1v) is 10.7. The van der Waals surface area contributed by atoms with Crippen molar-refractivity contribution < 1.29 is 18.7 Å². The lowest BCUT2D eigenvalue weighted by Gasteiger charge is -2.35. The number of methoxy groups -OCH3 is 1. The Morgan fingerprint density at radius 1 is 1.00 bits per heavy atom. The highest BCUT2D eigenvalue weighted by molar-refractivity contribution is 6.06. The number of pyridine rings is 1. The molecule has 1 fully saturated rings. The topological polar surface area (TPSA) is 62.7 Å². The number of nitrogens with zero attached hydrogens (tertiary/aromatic N) is 3. The van der Waals surface area contributed by atoms with E-state index in [1.165, 1.54) is 12.1 Å². The summed E-state index contributed by atoms with van der Waals surface area (Å²) in [7, 11) is 1.63. The van der Waals surface area contributed by atoms with Gasteiger partial charge in [-0.2, -0.15) is 0 Å². The van der Waals surface area contributed by atoms with Crippen molar-refractivity contribution in [2.45, 2.75) is 19.8 Å². The molecule has 32 heavy (non-hydrogen) atoms. The van der Waals surface area contributed by atoms with E-state index < -0.39 is 0 Å². The molecule has 2 heterocycles. The molecule has 0 unspecified atom stereocenters. The number of hydrogen-bond acceptors (Lipinski definition) is 4. The number of carbonyl (C=O) groups excluding carboxylic acids is 2. The molecule has 0 atom stereocenters. The summed E-state index contributed by atoms with van der Waals surface area (Å²) in [5.74, 6) is 0.393. The second kappa shape index (κ2) is 9.34. The van der Waals surface area contributed by atoms with Gasteiger partial charge in [-0.3, -0.25) is 14.6 Å². The van der Waals surface area contributed by atoms with Gasteiger partial charge in [0, 0.05) is 49.7 Å². The van der Waals surface area contributed by atoms with E-state index >= 15 is 0 Å². The first kappa shape index (κ1) is 21.7. The predicted molar refractivity (Wildman–Crippen MR) is 120 cm³/mol. The second-order valence-electron chi connectivity index (χ2n) is 7.99. The van der Waals surface area contributed by atoms with Crippen LogP contribution in [0.1, 0.15) is 28.0 Å². The summed E-state index contributed by atoms with van der Waals surface area (Å²) < 4.78 is 18.8. The van der Waals surface area contributed by atoms with E-state index in [-0.39, 0.29) is 17.6 Å². The lowest BCUT2D eigenvalue weighted by molar-refractivity contribution is -0.132. The first-order valence-electron chi connectivity index (χ1n) is 10.7. The number of halogens is 1. The molecule has 1 aliphatic rings. The van der Waals surface area contributed by atoms with Crippen LogP contribution in [0.5, 0.6) is 5.75 Å². The van der Waals surface area contributed by atoms with Gasteiger partial charge in [0.25, 0.3) is 5.91 Å². The van der Waals surface area contributed by atoms with Crippen LogP contribution in [-0.4, -0.2) is 59.9 Å². The highest BCUT2D eigenvalue weighted by Crippen LogP contribution is 2.22. The lowest BCUT2D eigenvalue weighted by Crippen LogP contribution is -2.50. The second-order valence-corrected chi connectivity index (χ2v) is 7.99. The predicted octanol–water partition coefficient (Wildman–Crippen LogP) is 3.61. The average Bonchev–Trinajstić information content (AvgIpc) is 2.81. The molecule has 1 saturated heterocycles. The Morgan fingerprint density at radius 3 is 2.38 bits per heavy atom. The Hall–Kier alpha value is -3.48. The molecule has 3 aromatic rings. The average molecular weight is 435 g/mol. The van der Waals surface area contributed by atoms with E-state index in [1.807, 2.05) is 29.2 Å². The fourth-order valence-electron chi connectivity index (χ4n) is 4.04. The number of ether oxygens (including phenoxy) is 1. The van der Waals surface area contributed by atoms with Gasteiger partial charge < -0.3 is 14.5 Å². The first-order chi connectivity index (χ1) is 15.4. The Balaban J connectivity index is 1.36. The molecule has 7 heteroatoms. The minimum absolute atomic E-state index is 0.0913. The molecule has 0 spiro atoms. The van der Waals surface area contributed by atoms with Crippen LogP contribution in [0.15, 0.2) is 48.5 Å². The number of hydrogen-bond donors (Lipinski definition) is 0. The largest absolute Gasteiger partial charge is 0.497 e. The van der Waals surface area contributed by atoms with Gasteiger partial charge in [0.1, 0.15) is 11.6 Å². The summed E-state index contributed by atoms with van der Waals surface area (Å²) >= 11 is 0. The number of fused-ring (bicyclic) bond motifs is 1. The van der Waals surface area contributed by atoms with Crippen molar-refractivity contribution in [2.75, 3.05) is 33.3 Å². The summed E-state index contributed by atoms with van der Waals surface area (Å²) in [6, 6.07) is 13.8. The maximum atomic E-state index is 13.6. The van der Waals surface area contributed by atoms with Crippen LogP contribution in [0.2, 0.25) is 0 Å². The van der Waals surface area contributed by atoms with E-state index in [2.05, 4.69) is 4.98 Å². The molecule has 0 radical (unpaired) electrons. The zero-order chi connectivity index (χ0) is 22.7. The van der Waals surface area contributed by atoms with Gasteiger partial charge in [-0.1, -0.05) is 12.1 Å². The molecule has 1 aliphatic heterocycles. The van der Waals surface area contributed by atoms with Crippen LogP contribution in [0.25, 0.3) is 10.9 Å². The van der Waals surface area contributed by atoms with Crippen LogP contribution < -0.4 is 4.74 Å². The highest BCUT2D eigenvalue weighted by Gasteiger charge is 2.26. The normalized spacial score (nSPS) is 14.0. The number of aryl methyl sites for hydroxylation is 2. The smallest absolute Gasteiger partial charge is 0.254 e. The van der Waals surface area contributed by atoms with Crippen molar-refractivity contribution in [1.82, 2.24) is 14.8 Å². The van der Waals surface area contributed by atoms with Crippen LogP contribution in [0, 0.1) is 12.7 Å². The Bertz CT molecular complexity index is 1130. The number of carbonyl (C=O) groups is 2. The fourth-order valence-corrected chi connectivity index (χ4v) is 4.04. The third kappa shape index (κ3) is 4.72. The summed E-state index contributed by atoms with van der Waals surface area (Å²) in [5, 5.41) is 0.639. The van der Waals surface area contributed by atoms with Gasteiger partial charge >= 0.3 is 0 Å². The van der Waals surface area contributed by atoms with Gasteiger partial charge in [0.05, 0.1) is 18.2 Å². The third-order valence-corrected chi connectivity index (χ3v) is 5.84. The number of benzene rings is 2. The van der Waals surface area contributed by atoms with Crippen LogP contribution in [0.3, 0.4) is 0 Å². The quantitative estimate of drug-likeness (QED) is 0.614. The van der Waals surface area contributed by atoms with Crippen molar-refractivity contribution >= 4 is 22.7 Å². The monoisotopic (exact) mass is 435 g/mol. The molecule has 0 bridgehead atoms. The standard InChI is InChI=1S/C25H26FN3O3/c1-17-15-22(21-9-6-19(26)16-23(21)27-17)25(31)29-13-11-28(12-14-29)24(30)10-5-18-3-7-20(32-2)8-4-18/h3-4,6-9,15-16H,5,10-14H2,1-2H3. The van der Waals surface area contributed by atoms with Crippen molar-refractivity contribution in [3.8, 4) is 5.75 Å². The van der Waals surface area contributed by atoms with Gasteiger partial charge in [0.2, 0.25) is 5.91 Å². The highest BCUT2D eigenvalue weighted by atomic mass is 19.1. The fraction of sp³-hybridized carbons (Fsp3) is 0.320. The maximum Gasteiger partial charge on any atom is 0.254 e. The van der Waals surface area contributed by atoms with Crippen molar-refractivity contribution in [2.24, 2.45) is 0 Å². The molecule has 166 valence electrons. The molecule has 1 aromatic heterocycles. The van der Waals surface area contributed by atoms with E-state index in [9.17, 15) is 14.0 Å². The summed E-state index contributed by atoms with van der Waals surface area (Å²) in [6.07, 6.45) is 1.10. The number of aromatic nitrogens is 1. The molecular formula is C25H26FN3O3. The Morgan fingerprint density at radius 2 is 1.69 bits per heavy atom. The van der Waals surface area contributed by atoms with Crippen LogP contribution >= 0.6 is 0 Å². The van der Waals surface area contributed by atoms with E-state index in [1.54, 1.807) is 31.1 Å². The van der Waals surface area contributed by atoms with E-state index in [4.69, 9.17) is 4.74 Å². The maximum absolute atomic E-state index is 13.6. The van der Waals surface area contributed by atoms with Gasteiger partial charge in [-0.25, -0.2) is 4.39 Å². The molecule has 2 aromatic carbocycles. The van der Waals surface area contributed by atoms with Gasteiger partial charge in [-0.05, 0) is 49.2 Å². The molecule has 2 amide bonds. The van der Waals surface area contributed by atoms with Gasteiger partial charge in [-0.15, -0.1) is 0 Å². The van der Waals surface area contributed by atoms with E-state index in [0.29, 0.717) is 61.2 Å². The summed E-state index contributed by atoms with van der Waals surface area (Å²) in [4.78, 5) is 33.7. The van der Waals surface area contributed by atoms with Crippen molar-refractivity contribution in [3.63, 3.8) is 0 Å². The molecular weight excluding hydrogens is 409 g/mol. The summed E-state index contributed by atoms with van der Waals surface area (Å²) in [6.45, 7) is 3.74. The number of rotatable bonds is 5. The SMILES string of the molecule is COc1ccc(CCC(=O)N2CCN(C(=O)c3cc(C)nc4cc(F)ccc34)CC2)cc1. The van der Waals surface area contributed by atoms with Crippen LogP contribution in [-0.2, 0) is 11.2 Å². The summed E-state index contributed by atoms with van der Waals surface area (Å²) in [5.41, 5.74) is 2.75. The molecule has 0 saturated carbocycles. The zero-order valence-corrected chi connectivity index (χ0v) is 18.3. The minimum Gasteiger partial charge on any atom is -0.497 e. The molecule has 0 N–H and O–H groups in total. The zero-order valence-electron chi connectivity index (χ0n) is 18.3. The van der Waals surface area contributed by atoms with Crippen molar-refractivity contribution in [3.05, 3.63) is 71.2 Å². The van der Waals surface area contributed by atoms with Crippen molar-refractivity contribution in [1.29, 1.82) is 0 Å². The Kier molecular flexibility index (Phi) is 6.35. The number of amides is 2. The van der Waals surface area contributed by atoms with E-state index in [0.717, 1.165) is 11.3 Å². The van der Waals surface area contributed by atoms with Gasteiger partial charge in [0.15, 0.2) is 0 Å². The molecule has 4 rings (SSSR count). The molecule has 0 aliphatic carbocycles. The third-order valence-electron chi connectivity index (χ3n) is 5.84. The van der Waals surface area contributed by atoms with Crippen LogP contribution in [0.4, 0.5) is 4.39 Å². The Labute approximate surface area is 186 Å². The minimum atomic E-state index is -0.379.